The number of nitrogens with one attached hydrogen (secondary N) is 1. The fourth-order valence-electron chi connectivity index (χ4n) is 2.22. The number of rotatable bonds is 6. The maximum Gasteiger partial charge on any atom is 0.347 e. The van der Waals surface area contributed by atoms with Gasteiger partial charge in [-0.2, -0.15) is 4.37 Å². The molecular formula is C16H14N4O4S2. The molecule has 8 nitrogen and oxygen atoms in total. The second-order valence-corrected chi connectivity index (χ2v) is 7.18. The number of aromatic nitrogens is 3. The number of thiazole rings is 1. The first-order valence-corrected chi connectivity index (χ1v) is 9.01. The van der Waals surface area contributed by atoms with Gasteiger partial charge in [0.1, 0.15) is 4.88 Å². The van der Waals surface area contributed by atoms with Gasteiger partial charge in [0.05, 0.1) is 41.5 Å². The van der Waals surface area contributed by atoms with E-state index in [1.807, 2.05) is 0 Å². The third-order valence-corrected chi connectivity index (χ3v) is 5.36. The number of pyridine rings is 1. The number of carboxylic acid groups (broad SMARTS) is 1. The van der Waals surface area contributed by atoms with Crippen molar-refractivity contribution in [1.82, 2.24) is 14.3 Å². The molecule has 3 aromatic rings. The normalized spacial score (nSPS) is 10.5. The van der Waals surface area contributed by atoms with Crippen LogP contribution in [0.2, 0.25) is 0 Å². The maximum atomic E-state index is 12.7. The number of hydrogen-bond acceptors (Lipinski definition) is 8. The first-order valence-electron chi connectivity index (χ1n) is 7.42. The Bertz CT molecular complexity index is 950. The minimum atomic E-state index is -1.01. The SMILES string of the molecule is COc1ccc(NC(=O)c2c(C)nsc2Cc2ncc(C(=O)O)s2)cn1. The molecule has 3 rings (SSSR count). The largest absolute Gasteiger partial charge is 0.481 e. The molecule has 134 valence electrons. The maximum absolute atomic E-state index is 12.7. The number of ether oxygens (including phenoxy) is 1. The molecule has 26 heavy (non-hydrogen) atoms. The number of carbonyl (C=O) groups is 2. The molecular weight excluding hydrogens is 376 g/mol. The van der Waals surface area contributed by atoms with E-state index < -0.39 is 5.97 Å². The van der Waals surface area contributed by atoms with E-state index in [2.05, 4.69) is 19.7 Å². The summed E-state index contributed by atoms with van der Waals surface area (Å²) >= 11 is 2.29. The number of hydrogen-bond donors (Lipinski definition) is 2. The van der Waals surface area contributed by atoms with Crippen molar-refractivity contribution in [2.45, 2.75) is 13.3 Å². The summed E-state index contributed by atoms with van der Waals surface area (Å²) in [6.07, 6.45) is 3.18. The van der Waals surface area contributed by atoms with Crippen molar-refractivity contribution in [2.24, 2.45) is 0 Å². The molecule has 1 amide bonds. The summed E-state index contributed by atoms with van der Waals surface area (Å²) < 4.78 is 9.24. The van der Waals surface area contributed by atoms with Crippen LogP contribution in [0.15, 0.2) is 24.5 Å². The van der Waals surface area contributed by atoms with Crippen molar-refractivity contribution in [3.8, 4) is 5.88 Å². The minimum absolute atomic E-state index is 0.163. The Labute approximate surface area is 156 Å². The standard InChI is InChI=1S/C16H14N4O4S2/c1-8-14(15(21)19-9-3-4-12(24-2)17-6-9)10(26-20-8)5-13-18-7-11(25-13)16(22)23/h3-4,6-7H,5H2,1-2H3,(H,19,21)(H,22,23). The molecule has 0 spiro atoms. The lowest BCUT2D eigenvalue weighted by Gasteiger charge is -2.06. The van der Waals surface area contributed by atoms with Gasteiger partial charge in [0, 0.05) is 17.4 Å². The van der Waals surface area contributed by atoms with Crippen molar-refractivity contribution in [2.75, 3.05) is 12.4 Å². The highest BCUT2D eigenvalue weighted by atomic mass is 32.1. The van der Waals surface area contributed by atoms with E-state index in [1.54, 1.807) is 19.1 Å². The zero-order valence-corrected chi connectivity index (χ0v) is 15.5. The zero-order valence-electron chi connectivity index (χ0n) is 13.8. The highest BCUT2D eigenvalue weighted by Crippen LogP contribution is 2.25. The average Bonchev–Trinajstić information content (AvgIpc) is 3.23. The number of aromatic carboxylic acids is 1. The number of nitrogens with zero attached hydrogens (tertiary/aromatic N) is 3. The first kappa shape index (κ1) is 18.0. The third kappa shape index (κ3) is 3.86. The fraction of sp³-hybridized carbons (Fsp3) is 0.188. The highest BCUT2D eigenvalue weighted by molar-refractivity contribution is 7.13. The van der Waals surface area contributed by atoms with Gasteiger partial charge in [-0.1, -0.05) is 0 Å². The summed E-state index contributed by atoms with van der Waals surface area (Å²) in [6.45, 7) is 1.76. The van der Waals surface area contributed by atoms with Crippen LogP contribution in [0.3, 0.4) is 0 Å². The molecule has 3 aromatic heterocycles. The Hall–Kier alpha value is -2.85. The number of aryl methyl sites for hydroxylation is 1. The molecule has 0 saturated carbocycles. The van der Waals surface area contributed by atoms with Crippen LogP contribution in [-0.2, 0) is 6.42 Å². The quantitative estimate of drug-likeness (QED) is 0.665. The molecule has 0 saturated heterocycles. The van der Waals surface area contributed by atoms with Gasteiger partial charge in [-0.05, 0) is 24.5 Å². The van der Waals surface area contributed by atoms with Crippen LogP contribution in [-0.4, -0.2) is 38.4 Å². The number of anilines is 1. The van der Waals surface area contributed by atoms with Crippen molar-refractivity contribution in [3.63, 3.8) is 0 Å². The van der Waals surface area contributed by atoms with Gasteiger partial charge in [0.25, 0.3) is 5.91 Å². The second kappa shape index (κ2) is 7.58. The average molecular weight is 390 g/mol. The molecule has 0 atom stereocenters. The lowest BCUT2D eigenvalue weighted by Crippen LogP contribution is -2.14. The van der Waals surface area contributed by atoms with Crippen LogP contribution in [0.1, 0.15) is 35.6 Å². The van der Waals surface area contributed by atoms with Crippen LogP contribution < -0.4 is 10.1 Å². The Morgan fingerprint density at radius 2 is 2.08 bits per heavy atom. The summed E-state index contributed by atoms with van der Waals surface area (Å²) in [5, 5.41) is 12.4. The van der Waals surface area contributed by atoms with Gasteiger partial charge in [-0.25, -0.2) is 14.8 Å². The third-order valence-electron chi connectivity index (χ3n) is 3.44. The summed E-state index contributed by atoms with van der Waals surface area (Å²) in [5.41, 5.74) is 1.62. The summed E-state index contributed by atoms with van der Waals surface area (Å²) in [5.74, 6) is -0.859. The van der Waals surface area contributed by atoms with Gasteiger partial charge in [-0.3, -0.25) is 4.79 Å². The Morgan fingerprint density at radius 3 is 2.69 bits per heavy atom. The van der Waals surface area contributed by atoms with E-state index in [0.717, 1.165) is 16.2 Å². The van der Waals surface area contributed by atoms with Crippen LogP contribution in [0.5, 0.6) is 5.88 Å². The molecule has 0 radical (unpaired) electrons. The molecule has 0 aliphatic heterocycles. The van der Waals surface area contributed by atoms with Crippen molar-refractivity contribution in [3.05, 3.63) is 50.5 Å². The summed E-state index contributed by atoms with van der Waals surface area (Å²) in [6, 6.07) is 3.34. The van der Waals surface area contributed by atoms with Crippen LogP contribution in [0.4, 0.5) is 5.69 Å². The molecule has 0 fully saturated rings. The molecule has 0 aromatic carbocycles. The van der Waals surface area contributed by atoms with Gasteiger partial charge in [-0.15, -0.1) is 11.3 Å². The van der Waals surface area contributed by atoms with E-state index in [-0.39, 0.29) is 10.8 Å². The van der Waals surface area contributed by atoms with Crippen LogP contribution >= 0.6 is 22.9 Å². The van der Waals surface area contributed by atoms with Gasteiger partial charge >= 0.3 is 5.97 Å². The highest BCUT2D eigenvalue weighted by Gasteiger charge is 2.20. The molecule has 2 N–H and O–H groups in total. The molecule has 10 heteroatoms. The second-order valence-electron chi connectivity index (χ2n) is 5.21. The number of amides is 1. The van der Waals surface area contributed by atoms with E-state index >= 15 is 0 Å². The minimum Gasteiger partial charge on any atom is -0.481 e. The van der Waals surface area contributed by atoms with E-state index in [9.17, 15) is 9.59 Å². The topological polar surface area (TPSA) is 114 Å². The van der Waals surface area contributed by atoms with Gasteiger partial charge < -0.3 is 15.2 Å². The monoisotopic (exact) mass is 390 g/mol. The molecule has 3 heterocycles. The van der Waals surface area contributed by atoms with Crippen LogP contribution in [0.25, 0.3) is 0 Å². The smallest absolute Gasteiger partial charge is 0.347 e. The van der Waals surface area contributed by atoms with Crippen LogP contribution in [0, 0.1) is 6.92 Å². The number of carbonyl (C=O) groups excluding carboxylic acids is 1. The molecule has 0 aliphatic rings. The lowest BCUT2D eigenvalue weighted by atomic mass is 10.1. The molecule has 0 unspecified atom stereocenters. The van der Waals surface area contributed by atoms with Gasteiger partial charge in [0.2, 0.25) is 5.88 Å². The lowest BCUT2D eigenvalue weighted by molar-refractivity contribution is 0.0701. The van der Waals surface area contributed by atoms with E-state index in [0.29, 0.717) is 34.3 Å². The molecule has 0 aliphatic carbocycles. The predicted molar refractivity (Wildman–Crippen MR) is 97.5 cm³/mol. The fourth-order valence-corrected chi connectivity index (χ4v) is 3.96. The first-order chi connectivity index (χ1) is 12.5. The van der Waals surface area contributed by atoms with E-state index in [1.165, 1.54) is 31.0 Å². The van der Waals surface area contributed by atoms with Crippen molar-refractivity contribution < 1.29 is 19.4 Å². The summed E-state index contributed by atoms with van der Waals surface area (Å²) in [7, 11) is 1.52. The van der Waals surface area contributed by atoms with Gasteiger partial charge in [0.15, 0.2) is 0 Å². The number of methoxy groups -OCH3 is 1. The van der Waals surface area contributed by atoms with Crippen molar-refractivity contribution >= 4 is 40.4 Å². The van der Waals surface area contributed by atoms with E-state index in [4.69, 9.17) is 9.84 Å². The Morgan fingerprint density at radius 1 is 1.27 bits per heavy atom. The van der Waals surface area contributed by atoms with Crippen molar-refractivity contribution in [1.29, 1.82) is 0 Å². The number of carboxylic acids is 1. The zero-order chi connectivity index (χ0) is 18.7. The summed E-state index contributed by atoms with van der Waals surface area (Å²) in [4.78, 5) is 32.7. The molecule has 0 bridgehead atoms. The Balaban J connectivity index is 1.79. The Kier molecular flexibility index (Phi) is 5.24. The predicted octanol–water partition coefficient (Wildman–Crippen LogP) is 2.85.